The summed E-state index contributed by atoms with van der Waals surface area (Å²) in [5.74, 6) is 0.868. The minimum absolute atomic E-state index is 0.0542. The molecule has 0 aliphatic carbocycles. The molecule has 2 aromatic carbocycles. The molecule has 0 spiro atoms. The maximum absolute atomic E-state index is 12.5. The SMILES string of the molecule is CCOc1ccc(/C=N/NC(=O)c2ccccc2[N+](=O)[O-])cc1CN1CC2CC(C1)c1cccc(=O)n1C2. The highest BCUT2D eigenvalue weighted by molar-refractivity contribution is 5.98. The Labute approximate surface area is 219 Å². The number of para-hydroxylation sites is 1. The number of hydrazone groups is 1. The fraction of sp³-hybridized carbons (Fsp3) is 0.321. The Balaban J connectivity index is 1.31. The molecule has 2 atom stereocenters. The van der Waals surface area contributed by atoms with Crippen molar-refractivity contribution in [3.63, 3.8) is 0 Å². The number of rotatable bonds is 8. The second kappa shape index (κ2) is 11.0. The maximum Gasteiger partial charge on any atom is 0.282 e. The monoisotopic (exact) mass is 515 g/mol. The number of amides is 1. The number of carbonyl (C=O) groups excluding carboxylic acids is 1. The standard InChI is InChI=1S/C28H29N5O5/c1-2-38-26-11-10-19(14-29-30-28(35)23-6-3-4-7-25(23)33(36)37)12-22(26)18-31-15-20-13-21(17-31)24-8-5-9-27(34)32(24)16-20/h3-12,14,20-21H,2,13,15-18H2,1H3,(H,30,35)/b29-14+. The van der Waals surface area contributed by atoms with Gasteiger partial charge in [0.1, 0.15) is 11.3 Å². The van der Waals surface area contributed by atoms with Crippen LogP contribution >= 0.6 is 0 Å². The van der Waals surface area contributed by atoms with Gasteiger partial charge in [0.15, 0.2) is 0 Å². The van der Waals surface area contributed by atoms with Crippen LogP contribution in [0.15, 0.2) is 70.6 Å². The molecule has 196 valence electrons. The summed E-state index contributed by atoms with van der Waals surface area (Å²) < 4.78 is 7.81. The number of nitro benzene ring substituents is 1. The van der Waals surface area contributed by atoms with Crippen molar-refractivity contribution in [3.8, 4) is 5.75 Å². The van der Waals surface area contributed by atoms with Crippen LogP contribution in [-0.2, 0) is 13.1 Å². The number of aromatic nitrogens is 1. The molecule has 1 fully saturated rings. The van der Waals surface area contributed by atoms with E-state index in [1.807, 2.05) is 35.8 Å². The normalized spacial score (nSPS) is 18.7. The van der Waals surface area contributed by atoms with Gasteiger partial charge in [-0.25, -0.2) is 5.43 Å². The Hall–Kier alpha value is -4.31. The molecule has 2 unspecified atom stereocenters. The van der Waals surface area contributed by atoms with Gasteiger partial charge in [0, 0.05) is 55.5 Å². The first-order chi connectivity index (χ1) is 18.4. The lowest BCUT2D eigenvalue weighted by Crippen LogP contribution is -2.46. The molecule has 10 nitrogen and oxygen atoms in total. The minimum atomic E-state index is -0.654. The Morgan fingerprint density at radius 1 is 1.16 bits per heavy atom. The summed E-state index contributed by atoms with van der Waals surface area (Å²) in [6, 6.07) is 17.0. The zero-order chi connectivity index (χ0) is 26.6. The zero-order valence-electron chi connectivity index (χ0n) is 21.1. The maximum atomic E-state index is 12.5. The van der Waals surface area contributed by atoms with Gasteiger partial charge in [0.05, 0.1) is 17.7 Å². The summed E-state index contributed by atoms with van der Waals surface area (Å²) in [6.45, 7) is 5.66. The lowest BCUT2D eigenvalue weighted by Gasteiger charge is -2.43. The molecule has 5 rings (SSSR count). The van der Waals surface area contributed by atoms with Gasteiger partial charge in [-0.1, -0.05) is 18.2 Å². The average Bonchev–Trinajstić information content (AvgIpc) is 2.90. The third-order valence-corrected chi connectivity index (χ3v) is 7.06. The van der Waals surface area contributed by atoms with Gasteiger partial charge >= 0.3 is 0 Å². The minimum Gasteiger partial charge on any atom is -0.494 e. The highest BCUT2D eigenvalue weighted by Gasteiger charge is 2.34. The quantitative estimate of drug-likeness (QED) is 0.278. The molecular formula is C28H29N5O5. The second-order valence-corrected chi connectivity index (χ2v) is 9.67. The lowest BCUT2D eigenvalue weighted by atomic mass is 9.83. The summed E-state index contributed by atoms with van der Waals surface area (Å²) in [4.78, 5) is 37.8. The van der Waals surface area contributed by atoms with Crippen LogP contribution < -0.4 is 15.7 Å². The highest BCUT2D eigenvalue weighted by Crippen LogP contribution is 2.36. The number of nitrogens with one attached hydrogen (secondary N) is 1. The summed E-state index contributed by atoms with van der Waals surface area (Å²) in [7, 11) is 0. The number of hydrogen-bond donors (Lipinski definition) is 1. The van der Waals surface area contributed by atoms with Crippen molar-refractivity contribution in [2.45, 2.75) is 32.4 Å². The molecule has 2 bridgehead atoms. The number of piperidine rings is 1. The lowest BCUT2D eigenvalue weighted by molar-refractivity contribution is -0.385. The first kappa shape index (κ1) is 25.3. The van der Waals surface area contributed by atoms with Gasteiger partial charge in [0.2, 0.25) is 0 Å². The molecule has 2 aliphatic heterocycles. The molecule has 38 heavy (non-hydrogen) atoms. The van der Waals surface area contributed by atoms with E-state index in [0.717, 1.165) is 48.6 Å². The molecule has 0 radical (unpaired) electrons. The van der Waals surface area contributed by atoms with E-state index in [1.54, 1.807) is 12.1 Å². The number of carbonyl (C=O) groups is 1. The number of fused-ring (bicyclic) bond motifs is 4. The topological polar surface area (TPSA) is 119 Å². The zero-order valence-corrected chi connectivity index (χ0v) is 21.1. The van der Waals surface area contributed by atoms with Crippen LogP contribution in [0.5, 0.6) is 5.75 Å². The molecule has 1 aromatic heterocycles. The largest absolute Gasteiger partial charge is 0.494 e. The van der Waals surface area contributed by atoms with Crippen LogP contribution in [0.25, 0.3) is 0 Å². The first-order valence-electron chi connectivity index (χ1n) is 12.7. The Bertz CT molecular complexity index is 1450. The molecule has 3 heterocycles. The van der Waals surface area contributed by atoms with E-state index in [4.69, 9.17) is 4.74 Å². The van der Waals surface area contributed by atoms with E-state index in [9.17, 15) is 19.7 Å². The Kier molecular flexibility index (Phi) is 7.32. The summed E-state index contributed by atoms with van der Waals surface area (Å²) >= 11 is 0. The van der Waals surface area contributed by atoms with Crippen LogP contribution in [0.3, 0.4) is 0 Å². The summed E-state index contributed by atoms with van der Waals surface area (Å²) in [5, 5.41) is 15.2. The van der Waals surface area contributed by atoms with Crippen molar-refractivity contribution < 1.29 is 14.5 Å². The smallest absolute Gasteiger partial charge is 0.282 e. The molecule has 3 aromatic rings. The number of hydrogen-bond acceptors (Lipinski definition) is 7. The number of nitrogens with zero attached hydrogens (tertiary/aromatic N) is 4. The van der Waals surface area contributed by atoms with Crippen LogP contribution in [0.2, 0.25) is 0 Å². The van der Waals surface area contributed by atoms with Gasteiger partial charge in [0.25, 0.3) is 17.2 Å². The Morgan fingerprint density at radius 2 is 2.00 bits per heavy atom. The fourth-order valence-electron chi connectivity index (χ4n) is 5.52. The molecular weight excluding hydrogens is 486 g/mol. The van der Waals surface area contributed by atoms with Crippen molar-refractivity contribution in [2.75, 3.05) is 19.7 Å². The van der Waals surface area contributed by atoms with Gasteiger partial charge in [-0.15, -0.1) is 0 Å². The fourth-order valence-corrected chi connectivity index (χ4v) is 5.52. The van der Waals surface area contributed by atoms with Crippen molar-refractivity contribution in [3.05, 3.63) is 104 Å². The number of ether oxygens (including phenoxy) is 1. The summed E-state index contributed by atoms with van der Waals surface area (Å²) in [6.07, 6.45) is 2.60. The van der Waals surface area contributed by atoms with Gasteiger partial charge < -0.3 is 9.30 Å². The highest BCUT2D eigenvalue weighted by atomic mass is 16.6. The van der Waals surface area contributed by atoms with E-state index < -0.39 is 10.8 Å². The molecule has 2 aliphatic rings. The van der Waals surface area contributed by atoms with Crippen molar-refractivity contribution in [1.82, 2.24) is 14.9 Å². The van der Waals surface area contributed by atoms with Crippen molar-refractivity contribution in [2.24, 2.45) is 11.0 Å². The molecule has 0 saturated carbocycles. The van der Waals surface area contributed by atoms with Crippen LogP contribution in [0, 0.1) is 16.0 Å². The van der Waals surface area contributed by atoms with E-state index >= 15 is 0 Å². The predicted octanol–water partition coefficient (Wildman–Crippen LogP) is 3.54. The summed E-state index contributed by atoms with van der Waals surface area (Å²) in [5.41, 5.74) is 5.01. The van der Waals surface area contributed by atoms with Crippen LogP contribution in [0.1, 0.15) is 46.4 Å². The molecule has 10 heteroatoms. The third-order valence-electron chi connectivity index (χ3n) is 7.06. The predicted molar refractivity (Wildman–Crippen MR) is 143 cm³/mol. The van der Waals surface area contributed by atoms with Crippen molar-refractivity contribution in [1.29, 1.82) is 0 Å². The second-order valence-electron chi connectivity index (χ2n) is 9.67. The van der Waals surface area contributed by atoms with E-state index in [-0.39, 0.29) is 16.8 Å². The molecule has 1 N–H and O–H groups in total. The number of likely N-dealkylation sites (tertiary alicyclic amines) is 1. The number of pyridine rings is 1. The number of benzene rings is 2. The van der Waals surface area contributed by atoms with Gasteiger partial charge in [-0.05, 0) is 55.2 Å². The van der Waals surface area contributed by atoms with Crippen LogP contribution in [-0.4, -0.2) is 46.2 Å². The van der Waals surface area contributed by atoms with E-state index in [2.05, 4.69) is 21.5 Å². The average molecular weight is 516 g/mol. The molecule has 1 saturated heterocycles. The van der Waals surface area contributed by atoms with Crippen molar-refractivity contribution >= 4 is 17.8 Å². The van der Waals surface area contributed by atoms with E-state index in [1.165, 1.54) is 24.4 Å². The number of nitro groups is 1. The first-order valence-corrected chi connectivity index (χ1v) is 12.7. The van der Waals surface area contributed by atoms with Gasteiger partial charge in [-0.3, -0.25) is 24.6 Å². The Morgan fingerprint density at radius 3 is 2.82 bits per heavy atom. The molecule has 1 amide bonds. The van der Waals surface area contributed by atoms with E-state index in [0.29, 0.717) is 25.0 Å². The van der Waals surface area contributed by atoms with Crippen LogP contribution in [0.4, 0.5) is 5.69 Å². The van der Waals surface area contributed by atoms with Gasteiger partial charge in [-0.2, -0.15) is 5.10 Å². The third kappa shape index (κ3) is 5.35.